The number of nitrogens with zero attached hydrogens (tertiary/aromatic N) is 1. The fourth-order valence-electron chi connectivity index (χ4n) is 4.12. The van der Waals surface area contributed by atoms with Gasteiger partial charge in [-0.05, 0) is 68.5 Å². The minimum absolute atomic E-state index is 0.0404. The van der Waals surface area contributed by atoms with Gasteiger partial charge < -0.3 is 9.47 Å². The van der Waals surface area contributed by atoms with Gasteiger partial charge in [0.1, 0.15) is 5.75 Å². The summed E-state index contributed by atoms with van der Waals surface area (Å²) in [4.78, 5) is 4.88. The van der Waals surface area contributed by atoms with Crippen LogP contribution >= 0.6 is 11.3 Å². The van der Waals surface area contributed by atoms with Gasteiger partial charge in [-0.15, -0.1) is 11.3 Å². The Balaban J connectivity index is 1.67. The third kappa shape index (κ3) is 4.07. The molecule has 2 aliphatic rings. The van der Waals surface area contributed by atoms with E-state index < -0.39 is 36.5 Å². The van der Waals surface area contributed by atoms with Crippen LogP contribution < -0.4 is 4.74 Å². The van der Waals surface area contributed by atoms with Crippen LogP contribution in [-0.2, 0) is 16.5 Å². The van der Waals surface area contributed by atoms with Crippen LogP contribution in [0.2, 0.25) is 0 Å². The molecule has 4 heteroatoms. The first kappa shape index (κ1) is 11.6. The van der Waals surface area contributed by atoms with Crippen LogP contribution in [0.5, 0.6) is 5.75 Å². The second-order valence-corrected chi connectivity index (χ2v) is 8.18. The van der Waals surface area contributed by atoms with Gasteiger partial charge in [0.15, 0.2) is 0 Å². The highest BCUT2D eigenvalue weighted by Crippen LogP contribution is 2.50. The molecule has 1 saturated carbocycles. The van der Waals surface area contributed by atoms with Crippen molar-refractivity contribution in [3.63, 3.8) is 0 Å². The minimum Gasteiger partial charge on any atom is -0.496 e. The Morgan fingerprint density at radius 3 is 2.96 bits per heavy atom. The van der Waals surface area contributed by atoms with Crippen molar-refractivity contribution in [2.45, 2.75) is 75.0 Å². The summed E-state index contributed by atoms with van der Waals surface area (Å²) in [6.45, 7) is 0.227. The summed E-state index contributed by atoms with van der Waals surface area (Å²) in [7, 11) is 1.46. The highest BCUT2D eigenvalue weighted by molar-refractivity contribution is 7.10. The summed E-state index contributed by atoms with van der Waals surface area (Å²) in [6.07, 6.45) is -6.39. The van der Waals surface area contributed by atoms with Gasteiger partial charge in [0.25, 0.3) is 0 Å². The van der Waals surface area contributed by atoms with E-state index in [1.54, 1.807) is 23.7 Å². The van der Waals surface area contributed by atoms with E-state index >= 15 is 0 Å². The van der Waals surface area contributed by atoms with Gasteiger partial charge in [-0.3, -0.25) is 4.98 Å². The summed E-state index contributed by atoms with van der Waals surface area (Å²) < 4.78 is 79.5. The molecule has 0 radical (unpaired) electrons. The zero-order chi connectivity index (χ0) is 25.8. The summed E-state index contributed by atoms with van der Waals surface area (Å²) in [6, 6.07) is 7.09. The predicted molar refractivity (Wildman–Crippen MR) is 111 cm³/mol. The minimum atomic E-state index is -2.06. The topological polar surface area (TPSA) is 31.4 Å². The quantitative estimate of drug-likeness (QED) is 0.584. The molecule has 1 aliphatic heterocycles. The Morgan fingerprint density at radius 1 is 1.30 bits per heavy atom. The molecule has 0 bridgehead atoms. The molecular formula is C23H31NO2S. The maximum absolute atomic E-state index is 8.91. The van der Waals surface area contributed by atoms with Crippen molar-refractivity contribution in [1.29, 1.82) is 0 Å². The molecule has 1 aliphatic carbocycles. The molecule has 0 N–H and O–H groups in total. The van der Waals surface area contributed by atoms with Gasteiger partial charge in [0.2, 0.25) is 0 Å². The van der Waals surface area contributed by atoms with E-state index in [9.17, 15) is 0 Å². The first-order valence-electron chi connectivity index (χ1n) is 13.3. The third-order valence-corrected chi connectivity index (χ3v) is 6.34. The Labute approximate surface area is 178 Å². The van der Waals surface area contributed by atoms with Crippen molar-refractivity contribution in [3.8, 4) is 5.75 Å². The molecule has 3 heterocycles. The zero-order valence-corrected chi connectivity index (χ0v) is 16.4. The molecule has 2 aromatic rings. The maximum atomic E-state index is 8.91. The predicted octanol–water partition coefficient (Wildman–Crippen LogP) is 5.93. The van der Waals surface area contributed by atoms with Crippen LogP contribution in [0.4, 0.5) is 0 Å². The number of rotatable bonds is 7. The van der Waals surface area contributed by atoms with E-state index in [1.165, 1.54) is 18.4 Å². The fourth-order valence-corrected chi connectivity index (χ4v) is 4.87. The monoisotopic (exact) mass is 393 g/mol. The lowest BCUT2D eigenvalue weighted by Crippen LogP contribution is -2.46. The largest absolute Gasteiger partial charge is 0.496 e. The van der Waals surface area contributed by atoms with E-state index in [0.717, 1.165) is 0 Å². The number of pyridine rings is 1. The highest BCUT2D eigenvalue weighted by Gasteiger charge is 2.48. The molecular weight excluding hydrogens is 354 g/mol. The normalized spacial score (nSPS) is 33.5. The van der Waals surface area contributed by atoms with Gasteiger partial charge in [0.05, 0.1) is 12.7 Å². The lowest BCUT2D eigenvalue weighted by molar-refractivity contribution is -0.104. The lowest BCUT2D eigenvalue weighted by Gasteiger charge is -2.46. The number of thiophene rings is 1. The molecule has 146 valence electrons. The number of hydrogen-bond acceptors (Lipinski definition) is 4. The van der Waals surface area contributed by atoms with Crippen LogP contribution in [0.1, 0.15) is 79.2 Å². The molecule has 27 heavy (non-hydrogen) atoms. The molecule has 0 amide bonds. The lowest BCUT2D eigenvalue weighted by atomic mass is 9.67. The Hall–Kier alpha value is -1.39. The van der Waals surface area contributed by atoms with Crippen molar-refractivity contribution < 1.29 is 20.4 Å². The Kier molecular flexibility index (Phi) is 3.57. The molecule has 0 aromatic carbocycles. The SMILES string of the molecule is [2H]C([2H])(CC([2H])([2H])c1sccc1OC)C[C@@]1(c2ccccn2)CCOC2(CC([2H])([2H])C([2H])([2H])C2)C1. The molecule has 1 saturated heterocycles. The van der Waals surface area contributed by atoms with Crippen molar-refractivity contribution in [3.05, 3.63) is 46.4 Å². The first-order chi connectivity index (χ1) is 16.2. The van der Waals surface area contributed by atoms with Gasteiger partial charge in [-0.25, -0.2) is 0 Å². The average Bonchev–Trinajstić information content (AvgIpc) is 3.28. The first-order valence-corrected chi connectivity index (χ1v) is 10.2. The summed E-state index contributed by atoms with van der Waals surface area (Å²) in [5.74, 6) is 0.399. The number of aryl methyl sites for hydroxylation is 1. The van der Waals surface area contributed by atoms with Gasteiger partial charge in [-0.2, -0.15) is 0 Å². The fraction of sp³-hybridized carbons (Fsp3) is 0.609. The van der Waals surface area contributed by atoms with Gasteiger partial charge >= 0.3 is 0 Å². The van der Waals surface area contributed by atoms with Crippen LogP contribution in [0.25, 0.3) is 0 Å². The van der Waals surface area contributed by atoms with Crippen LogP contribution in [0.3, 0.4) is 0 Å². The molecule has 1 spiro atoms. The third-order valence-electron chi connectivity index (χ3n) is 5.49. The Bertz CT molecular complexity index is 1030. The number of hydrogen-bond donors (Lipinski definition) is 0. The highest BCUT2D eigenvalue weighted by atomic mass is 32.1. The number of aromatic nitrogens is 1. The van der Waals surface area contributed by atoms with E-state index in [-0.39, 0.29) is 38.7 Å². The van der Waals surface area contributed by atoms with Gasteiger partial charge in [0, 0.05) is 39.8 Å². The molecule has 1 atom stereocenters. The summed E-state index contributed by atoms with van der Waals surface area (Å²) in [5.41, 5.74) is -1.28. The smallest absolute Gasteiger partial charge is 0.132 e. The molecule has 2 aromatic heterocycles. The molecule has 3 nitrogen and oxygen atoms in total. The number of methoxy groups -OCH3 is 1. The molecule has 4 rings (SSSR count). The van der Waals surface area contributed by atoms with Crippen LogP contribution in [-0.4, -0.2) is 24.3 Å². The Morgan fingerprint density at radius 2 is 2.19 bits per heavy atom. The van der Waals surface area contributed by atoms with Crippen LogP contribution in [0.15, 0.2) is 35.8 Å². The van der Waals surface area contributed by atoms with E-state index in [1.807, 2.05) is 12.1 Å². The zero-order valence-electron chi connectivity index (χ0n) is 23.6. The average molecular weight is 394 g/mol. The van der Waals surface area contributed by atoms with Crippen LogP contribution in [0, 0.1) is 0 Å². The van der Waals surface area contributed by atoms with Gasteiger partial charge in [-0.1, -0.05) is 25.2 Å². The van der Waals surface area contributed by atoms with E-state index in [2.05, 4.69) is 4.98 Å². The van der Waals surface area contributed by atoms with E-state index in [0.29, 0.717) is 22.7 Å². The number of ether oxygens (including phenoxy) is 2. The van der Waals surface area contributed by atoms with E-state index in [4.69, 9.17) is 20.4 Å². The molecule has 0 unspecified atom stereocenters. The summed E-state index contributed by atoms with van der Waals surface area (Å²) >= 11 is 1.20. The summed E-state index contributed by atoms with van der Waals surface area (Å²) in [5, 5.41) is 1.72. The second-order valence-electron chi connectivity index (χ2n) is 7.26. The molecule has 2 fully saturated rings. The van der Waals surface area contributed by atoms with Crippen molar-refractivity contribution >= 4 is 11.3 Å². The maximum Gasteiger partial charge on any atom is 0.132 e. The van der Waals surface area contributed by atoms with Crippen molar-refractivity contribution in [1.82, 2.24) is 4.98 Å². The second kappa shape index (κ2) is 8.32. The van der Waals surface area contributed by atoms with Crippen molar-refractivity contribution in [2.24, 2.45) is 0 Å². The van der Waals surface area contributed by atoms with Crippen molar-refractivity contribution in [2.75, 3.05) is 13.7 Å². The standard InChI is InChI=1S/C23H31NO2S/c1-25-19-10-17-27-20(19)8-2-4-11-22(21-9-3-7-15-24-21)14-16-26-23(18-22)12-5-6-13-23/h3,7,9-10,15,17H,2,4-6,8,11-14,16,18H2,1H3/t22-/m1/s1/i4D2,5D2,6D2,8D2.